The summed E-state index contributed by atoms with van der Waals surface area (Å²) in [5.74, 6) is 0.987. The Kier molecular flexibility index (Phi) is 4.20. The topological polar surface area (TPSA) is 79.7 Å². The van der Waals surface area contributed by atoms with Crippen LogP contribution in [0.3, 0.4) is 0 Å². The van der Waals surface area contributed by atoms with Crippen molar-refractivity contribution in [2.24, 2.45) is 0 Å². The molecule has 1 amide bonds. The molecule has 0 aliphatic carbocycles. The van der Waals surface area contributed by atoms with Crippen LogP contribution in [0.15, 0.2) is 41.3 Å². The third-order valence-corrected chi connectivity index (χ3v) is 5.03. The Balaban J connectivity index is 1.75. The van der Waals surface area contributed by atoms with Gasteiger partial charge >= 0.3 is 0 Å². The fraction of sp³-hybridized carbons (Fsp3) is 0.316. The zero-order chi connectivity index (χ0) is 18.1. The number of amides is 1. The summed E-state index contributed by atoms with van der Waals surface area (Å²) in [6.07, 6.45) is 4.32. The van der Waals surface area contributed by atoms with E-state index >= 15 is 0 Å². The van der Waals surface area contributed by atoms with Gasteiger partial charge in [-0.2, -0.15) is 5.10 Å². The molecule has 26 heavy (non-hydrogen) atoms. The van der Waals surface area contributed by atoms with E-state index in [4.69, 9.17) is 4.74 Å². The molecule has 1 aromatic carbocycles. The average Bonchev–Trinajstić information content (AvgIpc) is 3.11. The van der Waals surface area contributed by atoms with Gasteiger partial charge in [-0.1, -0.05) is 12.1 Å². The lowest BCUT2D eigenvalue weighted by atomic mass is 9.93. The van der Waals surface area contributed by atoms with Crippen LogP contribution in [0, 0.1) is 0 Å². The van der Waals surface area contributed by atoms with E-state index in [1.807, 2.05) is 28.8 Å². The second-order valence-electron chi connectivity index (χ2n) is 6.52. The first-order valence-electron chi connectivity index (χ1n) is 8.64. The van der Waals surface area contributed by atoms with Crippen LogP contribution in [0.4, 0.5) is 0 Å². The van der Waals surface area contributed by atoms with Gasteiger partial charge in [0.05, 0.1) is 19.0 Å². The third-order valence-electron chi connectivity index (χ3n) is 5.03. The SMILES string of the molecule is COc1ccc(-c2cnn3c(C4CCN(C=O)CC4)cc(=O)[nH]c23)cc1. The second-order valence-corrected chi connectivity index (χ2v) is 6.52. The van der Waals surface area contributed by atoms with Gasteiger partial charge in [-0.15, -0.1) is 0 Å². The second kappa shape index (κ2) is 6.67. The summed E-state index contributed by atoms with van der Waals surface area (Å²) in [6, 6.07) is 9.29. The zero-order valence-electron chi connectivity index (χ0n) is 14.5. The minimum Gasteiger partial charge on any atom is -0.497 e. The first-order valence-corrected chi connectivity index (χ1v) is 8.64. The Morgan fingerprint density at radius 2 is 1.96 bits per heavy atom. The van der Waals surface area contributed by atoms with Gasteiger partial charge in [-0.25, -0.2) is 4.52 Å². The van der Waals surface area contributed by atoms with Gasteiger partial charge in [0.15, 0.2) is 0 Å². The molecule has 134 valence electrons. The molecule has 0 spiro atoms. The van der Waals surface area contributed by atoms with Gasteiger partial charge in [-0.3, -0.25) is 9.59 Å². The van der Waals surface area contributed by atoms with Crippen LogP contribution in [-0.4, -0.2) is 46.1 Å². The van der Waals surface area contributed by atoms with E-state index in [1.165, 1.54) is 0 Å². The van der Waals surface area contributed by atoms with Crippen molar-refractivity contribution in [3.8, 4) is 16.9 Å². The maximum Gasteiger partial charge on any atom is 0.251 e. The number of benzene rings is 1. The van der Waals surface area contributed by atoms with Crippen LogP contribution >= 0.6 is 0 Å². The van der Waals surface area contributed by atoms with Crippen LogP contribution in [-0.2, 0) is 4.79 Å². The first-order chi connectivity index (χ1) is 12.7. The molecule has 0 unspecified atom stereocenters. The van der Waals surface area contributed by atoms with Crippen molar-refractivity contribution in [1.29, 1.82) is 0 Å². The highest BCUT2D eigenvalue weighted by Crippen LogP contribution is 2.30. The Morgan fingerprint density at radius 3 is 2.62 bits per heavy atom. The minimum atomic E-state index is -0.138. The lowest BCUT2D eigenvalue weighted by molar-refractivity contribution is -0.119. The molecule has 1 aliphatic heterocycles. The van der Waals surface area contributed by atoms with Crippen LogP contribution in [0.25, 0.3) is 16.8 Å². The molecule has 7 heteroatoms. The van der Waals surface area contributed by atoms with Crippen LogP contribution in [0.2, 0.25) is 0 Å². The van der Waals surface area contributed by atoms with Crippen molar-refractivity contribution >= 4 is 12.1 Å². The van der Waals surface area contributed by atoms with Crippen molar-refractivity contribution in [2.45, 2.75) is 18.8 Å². The summed E-state index contributed by atoms with van der Waals surface area (Å²) in [4.78, 5) is 27.9. The maximum absolute atomic E-state index is 12.3. The number of hydrogen-bond donors (Lipinski definition) is 1. The predicted octanol–water partition coefficient (Wildman–Crippen LogP) is 2.03. The van der Waals surface area contributed by atoms with Crippen molar-refractivity contribution < 1.29 is 9.53 Å². The molecule has 1 saturated heterocycles. The first kappa shape index (κ1) is 16.4. The number of nitrogens with one attached hydrogen (secondary N) is 1. The monoisotopic (exact) mass is 352 g/mol. The number of aromatic amines is 1. The number of hydrogen-bond acceptors (Lipinski definition) is 4. The number of ether oxygens (including phenoxy) is 1. The Morgan fingerprint density at radius 1 is 1.23 bits per heavy atom. The Bertz CT molecular complexity index is 982. The summed E-state index contributed by atoms with van der Waals surface area (Å²) in [5, 5.41) is 4.53. The van der Waals surface area contributed by atoms with Crippen LogP contribution < -0.4 is 10.3 Å². The van der Waals surface area contributed by atoms with Crippen LogP contribution in [0.1, 0.15) is 24.5 Å². The van der Waals surface area contributed by atoms with Gasteiger partial charge < -0.3 is 14.6 Å². The minimum absolute atomic E-state index is 0.138. The maximum atomic E-state index is 12.3. The highest BCUT2D eigenvalue weighted by molar-refractivity contribution is 5.77. The molecule has 0 bridgehead atoms. The van der Waals surface area contributed by atoms with E-state index in [1.54, 1.807) is 24.3 Å². The van der Waals surface area contributed by atoms with E-state index in [9.17, 15) is 9.59 Å². The lowest BCUT2D eigenvalue weighted by Gasteiger charge is -2.29. The summed E-state index contributed by atoms with van der Waals surface area (Å²) in [5.41, 5.74) is 3.28. The number of piperidine rings is 1. The van der Waals surface area contributed by atoms with E-state index in [-0.39, 0.29) is 11.5 Å². The smallest absolute Gasteiger partial charge is 0.251 e. The average molecular weight is 352 g/mol. The molecule has 4 rings (SSSR count). The molecular weight excluding hydrogens is 332 g/mol. The molecular formula is C19H20N4O3. The van der Waals surface area contributed by atoms with Crippen LogP contribution in [0.5, 0.6) is 5.75 Å². The molecule has 1 N–H and O–H groups in total. The number of methoxy groups -OCH3 is 1. The number of carbonyl (C=O) groups excluding carboxylic acids is 1. The molecule has 1 fully saturated rings. The number of aromatic nitrogens is 3. The van der Waals surface area contributed by atoms with Gasteiger partial charge in [-0.05, 0) is 30.5 Å². The third kappa shape index (κ3) is 2.85. The number of nitrogens with zero attached hydrogens (tertiary/aromatic N) is 3. The van der Waals surface area contributed by atoms with E-state index in [0.717, 1.165) is 41.8 Å². The molecule has 0 saturated carbocycles. The Labute approximate surface area is 150 Å². The summed E-state index contributed by atoms with van der Waals surface area (Å²) < 4.78 is 7.02. The zero-order valence-corrected chi connectivity index (χ0v) is 14.5. The molecule has 3 aromatic rings. The molecule has 1 aliphatic rings. The highest BCUT2D eigenvalue weighted by Gasteiger charge is 2.23. The quantitative estimate of drug-likeness (QED) is 0.729. The van der Waals surface area contributed by atoms with Crippen molar-refractivity contribution in [1.82, 2.24) is 19.5 Å². The van der Waals surface area contributed by atoms with E-state index < -0.39 is 0 Å². The summed E-state index contributed by atoms with van der Waals surface area (Å²) in [6.45, 7) is 1.41. The van der Waals surface area contributed by atoms with Crippen molar-refractivity contribution in [3.63, 3.8) is 0 Å². The molecule has 0 radical (unpaired) electrons. The molecule has 3 heterocycles. The standard InChI is InChI=1S/C19H20N4O3/c1-26-15-4-2-13(3-5-15)16-11-20-23-17(10-18(25)21-19(16)23)14-6-8-22(12-24)9-7-14/h2-5,10-12,14H,6-9H2,1H3,(H,21,25). The number of likely N-dealkylation sites (tertiary alicyclic amines) is 1. The number of carbonyl (C=O) groups is 1. The van der Waals surface area contributed by atoms with Gasteiger partial charge in [0.2, 0.25) is 6.41 Å². The number of fused-ring (bicyclic) bond motifs is 1. The Hall–Kier alpha value is -3.09. The predicted molar refractivity (Wildman–Crippen MR) is 97.4 cm³/mol. The normalized spacial score (nSPS) is 15.3. The molecule has 2 aromatic heterocycles. The van der Waals surface area contributed by atoms with E-state index in [2.05, 4.69) is 10.1 Å². The largest absolute Gasteiger partial charge is 0.497 e. The fourth-order valence-electron chi connectivity index (χ4n) is 3.59. The summed E-state index contributed by atoms with van der Waals surface area (Å²) >= 11 is 0. The highest BCUT2D eigenvalue weighted by atomic mass is 16.5. The van der Waals surface area contributed by atoms with Gasteiger partial charge in [0.25, 0.3) is 5.56 Å². The van der Waals surface area contributed by atoms with Crippen molar-refractivity contribution in [3.05, 3.63) is 52.6 Å². The summed E-state index contributed by atoms with van der Waals surface area (Å²) in [7, 11) is 1.63. The fourth-order valence-corrected chi connectivity index (χ4v) is 3.59. The molecule has 0 atom stereocenters. The number of H-pyrrole nitrogens is 1. The van der Waals surface area contributed by atoms with Gasteiger partial charge in [0.1, 0.15) is 11.4 Å². The van der Waals surface area contributed by atoms with E-state index in [0.29, 0.717) is 18.7 Å². The molecule has 7 nitrogen and oxygen atoms in total. The lowest BCUT2D eigenvalue weighted by Crippen LogP contribution is -2.32. The number of rotatable bonds is 4. The van der Waals surface area contributed by atoms with Crippen molar-refractivity contribution in [2.75, 3.05) is 20.2 Å². The van der Waals surface area contributed by atoms with Gasteiger partial charge in [0, 0.05) is 30.6 Å².